The second-order valence-electron chi connectivity index (χ2n) is 4.03. The van der Waals surface area contributed by atoms with Gasteiger partial charge in [-0.2, -0.15) is 13.2 Å². The Kier molecular flexibility index (Phi) is 5.14. The van der Waals surface area contributed by atoms with Gasteiger partial charge in [-0.05, 0) is 17.2 Å². The molecule has 1 nitrogen and oxygen atoms in total. The van der Waals surface area contributed by atoms with E-state index in [4.69, 9.17) is 0 Å². The molecule has 0 aliphatic carbocycles. The van der Waals surface area contributed by atoms with Crippen molar-refractivity contribution in [3.05, 3.63) is 0 Å². The highest BCUT2D eigenvalue weighted by Crippen LogP contribution is 2.29. The minimum Gasteiger partial charge on any atom is -0.315 e. The van der Waals surface area contributed by atoms with Crippen LogP contribution in [0.2, 0.25) is 0 Å². The number of nitrogens with one attached hydrogen (secondary N) is 1. The standard InChI is InChI=1S/C8H16F3NS/c1-7(2,3)6-12-4-5-13-8(9,10)11/h12H,4-6H2,1-3H3. The van der Waals surface area contributed by atoms with Gasteiger partial charge in [0, 0.05) is 18.8 Å². The molecule has 0 fully saturated rings. The normalized spacial score (nSPS) is 13.4. The Morgan fingerprint density at radius 2 is 1.69 bits per heavy atom. The Balaban J connectivity index is 3.28. The molecule has 0 aromatic rings. The predicted octanol–water partition coefficient (Wildman–Crippen LogP) is 2.88. The lowest BCUT2D eigenvalue weighted by Gasteiger charge is -2.18. The Morgan fingerprint density at radius 3 is 2.08 bits per heavy atom. The van der Waals surface area contributed by atoms with Crippen molar-refractivity contribution >= 4 is 11.8 Å². The molecule has 0 amide bonds. The van der Waals surface area contributed by atoms with Gasteiger partial charge in [0.05, 0.1) is 0 Å². The average Bonchev–Trinajstić information content (AvgIpc) is 1.81. The first kappa shape index (κ1) is 13.1. The van der Waals surface area contributed by atoms with Crippen molar-refractivity contribution in [2.75, 3.05) is 18.8 Å². The van der Waals surface area contributed by atoms with E-state index in [9.17, 15) is 13.2 Å². The zero-order valence-corrected chi connectivity index (χ0v) is 8.98. The van der Waals surface area contributed by atoms with Crippen molar-refractivity contribution in [1.82, 2.24) is 5.32 Å². The minimum atomic E-state index is -4.09. The van der Waals surface area contributed by atoms with Crippen LogP contribution in [0.15, 0.2) is 0 Å². The summed E-state index contributed by atoms with van der Waals surface area (Å²) in [6, 6.07) is 0. The molecule has 80 valence electrons. The summed E-state index contributed by atoms with van der Waals surface area (Å²) in [7, 11) is 0. The number of hydrogen-bond donors (Lipinski definition) is 1. The number of rotatable bonds is 4. The molecule has 5 heteroatoms. The number of alkyl halides is 3. The molecule has 0 aliphatic heterocycles. The summed E-state index contributed by atoms with van der Waals surface area (Å²) in [5, 5.41) is 2.98. The zero-order chi connectivity index (χ0) is 10.5. The summed E-state index contributed by atoms with van der Waals surface area (Å²) >= 11 is 0.0216. The molecule has 0 spiro atoms. The average molecular weight is 215 g/mol. The van der Waals surface area contributed by atoms with E-state index in [1.165, 1.54) is 0 Å². The topological polar surface area (TPSA) is 12.0 Å². The predicted molar refractivity (Wildman–Crippen MR) is 50.8 cm³/mol. The SMILES string of the molecule is CC(C)(C)CNCCSC(F)(F)F. The molecular weight excluding hydrogens is 199 g/mol. The van der Waals surface area contributed by atoms with Crippen LogP contribution in [0.5, 0.6) is 0 Å². The van der Waals surface area contributed by atoms with Crippen LogP contribution in [0.3, 0.4) is 0 Å². The van der Waals surface area contributed by atoms with Crippen molar-refractivity contribution in [3.8, 4) is 0 Å². The number of hydrogen-bond acceptors (Lipinski definition) is 2. The molecule has 13 heavy (non-hydrogen) atoms. The second kappa shape index (κ2) is 5.10. The fourth-order valence-electron chi connectivity index (χ4n) is 0.702. The van der Waals surface area contributed by atoms with Crippen molar-refractivity contribution < 1.29 is 13.2 Å². The second-order valence-corrected chi connectivity index (χ2v) is 5.19. The van der Waals surface area contributed by atoms with Crippen LogP contribution in [0.1, 0.15) is 20.8 Å². The third-order valence-electron chi connectivity index (χ3n) is 1.20. The maximum Gasteiger partial charge on any atom is 0.441 e. The fraction of sp³-hybridized carbons (Fsp3) is 1.00. The van der Waals surface area contributed by atoms with Crippen LogP contribution >= 0.6 is 11.8 Å². The lowest BCUT2D eigenvalue weighted by atomic mass is 9.97. The van der Waals surface area contributed by atoms with Crippen LogP contribution in [-0.2, 0) is 0 Å². The summed E-state index contributed by atoms with van der Waals surface area (Å²) < 4.78 is 35.0. The van der Waals surface area contributed by atoms with Crippen molar-refractivity contribution in [2.45, 2.75) is 26.3 Å². The van der Waals surface area contributed by atoms with E-state index in [1.54, 1.807) is 0 Å². The molecule has 0 aromatic heterocycles. The number of thioether (sulfide) groups is 1. The van der Waals surface area contributed by atoms with Crippen LogP contribution < -0.4 is 5.32 Å². The van der Waals surface area contributed by atoms with Crippen molar-refractivity contribution in [2.24, 2.45) is 5.41 Å². The summed E-state index contributed by atoms with van der Waals surface area (Å²) in [4.78, 5) is 0. The fourth-order valence-corrected chi connectivity index (χ4v) is 1.18. The van der Waals surface area contributed by atoms with Gasteiger partial charge in [0.1, 0.15) is 0 Å². The maximum atomic E-state index is 11.7. The Hall–Kier alpha value is 0.100. The van der Waals surface area contributed by atoms with Crippen molar-refractivity contribution in [3.63, 3.8) is 0 Å². The number of halogens is 3. The first-order chi connectivity index (χ1) is 5.71. The maximum absolute atomic E-state index is 11.7. The van der Waals surface area contributed by atoms with E-state index in [-0.39, 0.29) is 22.9 Å². The van der Waals surface area contributed by atoms with E-state index in [1.807, 2.05) is 20.8 Å². The van der Waals surface area contributed by atoms with E-state index >= 15 is 0 Å². The molecule has 0 aliphatic rings. The van der Waals surface area contributed by atoms with E-state index in [0.717, 1.165) is 6.54 Å². The monoisotopic (exact) mass is 215 g/mol. The van der Waals surface area contributed by atoms with Gasteiger partial charge >= 0.3 is 5.51 Å². The molecule has 0 bridgehead atoms. The summed E-state index contributed by atoms with van der Waals surface area (Å²) in [5.74, 6) is 0.0829. The van der Waals surface area contributed by atoms with Gasteiger partial charge < -0.3 is 5.32 Å². The van der Waals surface area contributed by atoms with E-state index in [0.29, 0.717) is 6.54 Å². The van der Waals surface area contributed by atoms with Gasteiger partial charge in [-0.1, -0.05) is 20.8 Å². The van der Waals surface area contributed by atoms with Gasteiger partial charge in [0.25, 0.3) is 0 Å². The summed E-state index contributed by atoms with van der Waals surface area (Å²) in [6.07, 6.45) is 0. The molecule has 0 saturated heterocycles. The first-order valence-electron chi connectivity index (χ1n) is 4.12. The lowest BCUT2D eigenvalue weighted by Crippen LogP contribution is -2.29. The molecule has 0 heterocycles. The third-order valence-corrected chi connectivity index (χ3v) is 1.94. The highest BCUT2D eigenvalue weighted by molar-refractivity contribution is 8.00. The summed E-state index contributed by atoms with van der Waals surface area (Å²) in [6.45, 7) is 7.26. The Labute approximate surface area is 81.5 Å². The van der Waals surface area contributed by atoms with Gasteiger partial charge in [0.15, 0.2) is 0 Å². The van der Waals surface area contributed by atoms with Gasteiger partial charge in [-0.3, -0.25) is 0 Å². The quantitative estimate of drug-likeness (QED) is 0.724. The van der Waals surface area contributed by atoms with E-state index < -0.39 is 5.51 Å². The molecule has 0 unspecified atom stereocenters. The Bertz CT molecular complexity index is 123. The van der Waals surface area contributed by atoms with Gasteiger partial charge in [-0.25, -0.2) is 0 Å². The highest BCUT2D eigenvalue weighted by Gasteiger charge is 2.27. The smallest absolute Gasteiger partial charge is 0.315 e. The lowest BCUT2D eigenvalue weighted by molar-refractivity contribution is -0.0327. The zero-order valence-electron chi connectivity index (χ0n) is 8.16. The van der Waals surface area contributed by atoms with Gasteiger partial charge in [0.2, 0.25) is 0 Å². The molecule has 0 aromatic carbocycles. The third kappa shape index (κ3) is 12.1. The Morgan fingerprint density at radius 1 is 1.15 bits per heavy atom. The van der Waals surface area contributed by atoms with Crippen LogP contribution in [0.4, 0.5) is 13.2 Å². The largest absolute Gasteiger partial charge is 0.441 e. The highest BCUT2D eigenvalue weighted by atomic mass is 32.2. The molecule has 0 radical (unpaired) electrons. The first-order valence-corrected chi connectivity index (χ1v) is 5.11. The molecular formula is C8H16F3NS. The summed E-state index contributed by atoms with van der Waals surface area (Å²) in [5.41, 5.74) is -3.97. The van der Waals surface area contributed by atoms with Crippen molar-refractivity contribution in [1.29, 1.82) is 0 Å². The van der Waals surface area contributed by atoms with Gasteiger partial charge in [-0.15, -0.1) is 0 Å². The molecule has 0 atom stereocenters. The minimum absolute atomic E-state index is 0.0216. The van der Waals surface area contributed by atoms with Crippen LogP contribution in [0.25, 0.3) is 0 Å². The van der Waals surface area contributed by atoms with Crippen LogP contribution in [0, 0.1) is 5.41 Å². The van der Waals surface area contributed by atoms with Crippen LogP contribution in [-0.4, -0.2) is 24.4 Å². The molecule has 0 rings (SSSR count). The van der Waals surface area contributed by atoms with E-state index in [2.05, 4.69) is 5.32 Å². The molecule has 1 N–H and O–H groups in total. The molecule has 0 saturated carbocycles.